The quantitative estimate of drug-likeness (QED) is 0.514. The van der Waals surface area contributed by atoms with Crippen LogP contribution in [0.1, 0.15) is 12.1 Å². The zero-order chi connectivity index (χ0) is 19.3. The fourth-order valence-corrected chi connectivity index (χ4v) is 3.75. The van der Waals surface area contributed by atoms with Gasteiger partial charge in [0.15, 0.2) is 0 Å². The summed E-state index contributed by atoms with van der Waals surface area (Å²) in [5.74, 6) is -0.255. The molecular formula is C20H15F3N4O. The largest absolute Gasteiger partial charge is 0.573 e. The first-order valence-electron chi connectivity index (χ1n) is 8.87. The van der Waals surface area contributed by atoms with Crippen LogP contribution in [0, 0.1) is 0 Å². The van der Waals surface area contributed by atoms with Gasteiger partial charge >= 0.3 is 6.36 Å². The van der Waals surface area contributed by atoms with Gasteiger partial charge in [-0.2, -0.15) is 5.10 Å². The minimum Gasteiger partial charge on any atom is -0.406 e. The standard InChI is InChI=1S/C20H15F3N4O/c21-20(22,23)28-15-4-1-3-13(11-15)19-18(16-5-2-9-27(16)25-19)14-6-7-17-24-8-10-26(17)12-14/h1,3-4,6-8,10-12H,2,5,9H2. The molecule has 0 spiro atoms. The van der Waals surface area contributed by atoms with Gasteiger partial charge in [0.25, 0.3) is 0 Å². The van der Waals surface area contributed by atoms with Crippen molar-refractivity contribution in [2.24, 2.45) is 0 Å². The molecule has 4 heterocycles. The van der Waals surface area contributed by atoms with Gasteiger partial charge in [0, 0.05) is 47.5 Å². The Balaban J connectivity index is 1.66. The van der Waals surface area contributed by atoms with Crippen molar-refractivity contribution in [3.8, 4) is 28.1 Å². The summed E-state index contributed by atoms with van der Waals surface area (Å²) in [7, 11) is 0. The molecule has 0 amide bonds. The molecule has 0 saturated heterocycles. The van der Waals surface area contributed by atoms with Gasteiger partial charge in [-0.1, -0.05) is 12.1 Å². The Hall–Kier alpha value is -3.29. The fraction of sp³-hybridized carbons (Fsp3) is 0.200. The molecule has 3 aromatic heterocycles. The van der Waals surface area contributed by atoms with Crippen LogP contribution >= 0.6 is 0 Å². The zero-order valence-corrected chi connectivity index (χ0v) is 14.6. The Bertz CT molecular complexity index is 1180. The van der Waals surface area contributed by atoms with E-state index in [9.17, 15) is 13.2 Å². The van der Waals surface area contributed by atoms with Gasteiger partial charge in [0.2, 0.25) is 0 Å². The average Bonchev–Trinajstić information content (AvgIpc) is 3.35. The molecule has 0 fully saturated rings. The molecule has 8 heteroatoms. The molecule has 5 nitrogen and oxygen atoms in total. The van der Waals surface area contributed by atoms with Gasteiger partial charge in [0.1, 0.15) is 17.1 Å². The van der Waals surface area contributed by atoms with Crippen molar-refractivity contribution < 1.29 is 17.9 Å². The lowest BCUT2D eigenvalue weighted by atomic mass is 9.99. The number of hydrogen-bond donors (Lipinski definition) is 0. The molecule has 28 heavy (non-hydrogen) atoms. The molecule has 0 N–H and O–H groups in total. The number of ether oxygens (including phenoxy) is 1. The van der Waals surface area contributed by atoms with Crippen molar-refractivity contribution in [2.75, 3.05) is 0 Å². The van der Waals surface area contributed by atoms with Crippen LogP contribution in [0.5, 0.6) is 5.75 Å². The van der Waals surface area contributed by atoms with Gasteiger partial charge in [0.05, 0.1) is 0 Å². The smallest absolute Gasteiger partial charge is 0.406 e. The van der Waals surface area contributed by atoms with Crippen LogP contribution in [0.4, 0.5) is 13.2 Å². The zero-order valence-electron chi connectivity index (χ0n) is 14.6. The van der Waals surface area contributed by atoms with Crippen molar-refractivity contribution >= 4 is 5.65 Å². The lowest BCUT2D eigenvalue weighted by molar-refractivity contribution is -0.274. The highest BCUT2D eigenvalue weighted by atomic mass is 19.4. The minimum atomic E-state index is -4.73. The summed E-state index contributed by atoms with van der Waals surface area (Å²) in [6.07, 6.45) is 2.70. The molecule has 0 saturated carbocycles. The molecule has 1 aliphatic heterocycles. The highest BCUT2D eigenvalue weighted by Gasteiger charge is 2.31. The van der Waals surface area contributed by atoms with Crippen LogP contribution in [-0.2, 0) is 13.0 Å². The van der Waals surface area contributed by atoms with Gasteiger partial charge in [-0.25, -0.2) is 4.98 Å². The highest BCUT2D eigenvalue weighted by Crippen LogP contribution is 2.38. The first-order valence-corrected chi connectivity index (χ1v) is 8.87. The van der Waals surface area contributed by atoms with Crippen molar-refractivity contribution in [3.63, 3.8) is 0 Å². The monoisotopic (exact) mass is 384 g/mol. The number of alkyl halides is 3. The molecule has 0 aliphatic carbocycles. The predicted molar refractivity (Wildman–Crippen MR) is 96.9 cm³/mol. The fourth-order valence-electron chi connectivity index (χ4n) is 3.75. The molecule has 1 aromatic carbocycles. The number of aryl methyl sites for hydroxylation is 1. The molecule has 5 rings (SSSR count). The van der Waals surface area contributed by atoms with E-state index in [1.54, 1.807) is 18.3 Å². The summed E-state index contributed by atoms with van der Waals surface area (Å²) < 4.78 is 45.8. The van der Waals surface area contributed by atoms with E-state index in [1.165, 1.54) is 12.1 Å². The van der Waals surface area contributed by atoms with E-state index in [0.29, 0.717) is 11.3 Å². The lowest BCUT2D eigenvalue weighted by Crippen LogP contribution is -2.17. The number of benzene rings is 1. The molecule has 0 radical (unpaired) electrons. The number of imidazole rings is 1. The van der Waals surface area contributed by atoms with Crippen molar-refractivity contribution in [3.05, 3.63) is 60.7 Å². The normalized spacial score (nSPS) is 13.8. The van der Waals surface area contributed by atoms with Crippen LogP contribution < -0.4 is 4.74 Å². The van der Waals surface area contributed by atoms with E-state index < -0.39 is 6.36 Å². The van der Waals surface area contributed by atoms with E-state index >= 15 is 0 Å². The average molecular weight is 384 g/mol. The Morgan fingerprint density at radius 1 is 1.07 bits per heavy atom. The number of rotatable bonds is 3. The van der Waals surface area contributed by atoms with Gasteiger partial charge < -0.3 is 9.14 Å². The number of nitrogens with zero attached hydrogens (tertiary/aromatic N) is 4. The number of pyridine rings is 1. The maximum Gasteiger partial charge on any atom is 0.573 e. The van der Waals surface area contributed by atoms with Crippen molar-refractivity contribution in [2.45, 2.75) is 25.7 Å². The summed E-state index contributed by atoms with van der Waals surface area (Å²) in [6, 6.07) is 9.85. The number of hydrogen-bond acceptors (Lipinski definition) is 3. The second-order valence-electron chi connectivity index (χ2n) is 6.68. The molecular weight excluding hydrogens is 369 g/mol. The van der Waals surface area contributed by atoms with Crippen LogP contribution in [0.3, 0.4) is 0 Å². The van der Waals surface area contributed by atoms with Crippen LogP contribution in [0.15, 0.2) is 55.0 Å². The molecule has 0 bridgehead atoms. The van der Waals surface area contributed by atoms with Crippen LogP contribution in [0.25, 0.3) is 28.0 Å². The number of halogens is 3. The molecule has 142 valence electrons. The van der Waals surface area contributed by atoms with E-state index in [1.807, 2.05) is 33.6 Å². The third-order valence-electron chi connectivity index (χ3n) is 4.86. The van der Waals surface area contributed by atoms with E-state index in [4.69, 9.17) is 5.10 Å². The summed E-state index contributed by atoms with van der Waals surface area (Å²) in [4.78, 5) is 4.26. The summed E-state index contributed by atoms with van der Waals surface area (Å²) in [6.45, 7) is 0.800. The van der Waals surface area contributed by atoms with Gasteiger partial charge in [-0.15, -0.1) is 13.2 Å². The first-order chi connectivity index (χ1) is 13.5. The van der Waals surface area contributed by atoms with E-state index in [2.05, 4.69) is 9.72 Å². The summed E-state index contributed by atoms with van der Waals surface area (Å²) >= 11 is 0. The Morgan fingerprint density at radius 2 is 1.96 bits per heavy atom. The van der Waals surface area contributed by atoms with Gasteiger partial charge in [-0.05, 0) is 37.1 Å². The molecule has 1 aliphatic rings. The maximum absolute atomic E-state index is 12.6. The molecule has 4 aromatic rings. The first kappa shape index (κ1) is 16.9. The summed E-state index contributed by atoms with van der Waals surface area (Å²) in [5.41, 5.74) is 5.06. The highest BCUT2D eigenvalue weighted by molar-refractivity contribution is 5.83. The second kappa shape index (κ2) is 6.12. The maximum atomic E-state index is 12.6. The summed E-state index contributed by atoms with van der Waals surface area (Å²) in [5, 5.41) is 4.70. The Kier molecular flexibility index (Phi) is 3.68. The van der Waals surface area contributed by atoms with Crippen molar-refractivity contribution in [1.82, 2.24) is 19.2 Å². The van der Waals surface area contributed by atoms with Crippen LogP contribution in [0.2, 0.25) is 0 Å². The number of aromatic nitrogens is 4. The minimum absolute atomic E-state index is 0.255. The Morgan fingerprint density at radius 3 is 2.82 bits per heavy atom. The SMILES string of the molecule is FC(F)(F)Oc1cccc(-c2nn3c(c2-c2ccc4nccn4c2)CCC3)c1. The number of fused-ring (bicyclic) bond motifs is 2. The predicted octanol–water partition coefficient (Wildman–Crippen LogP) is 4.71. The topological polar surface area (TPSA) is 44.3 Å². The van der Waals surface area contributed by atoms with Crippen molar-refractivity contribution in [1.29, 1.82) is 0 Å². The molecule has 0 atom stereocenters. The lowest BCUT2D eigenvalue weighted by Gasteiger charge is -2.10. The van der Waals surface area contributed by atoms with Gasteiger partial charge in [-0.3, -0.25) is 4.68 Å². The Labute approximate surface area is 158 Å². The van der Waals surface area contributed by atoms with E-state index in [-0.39, 0.29) is 5.75 Å². The third kappa shape index (κ3) is 2.90. The van der Waals surface area contributed by atoms with Crippen LogP contribution in [-0.4, -0.2) is 25.5 Å². The third-order valence-corrected chi connectivity index (χ3v) is 4.86. The van der Waals surface area contributed by atoms with E-state index in [0.717, 1.165) is 41.9 Å². The second-order valence-corrected chi connectivity index (χ2v) is 6.68. The molecule has 0 unspecified atom stereocenters.